The van der Waals surface area contributed by atoms with Crippen molar-refractivity contribution < 1.29 is 14.3 Å². The Labute approximate surface area is 115 Å². The molecule has 2 aromatic rings. The summed E-state index contributed by atoms with van der Waals surface area (Å²) in [6.45, 7) is 0.848. The van der Waals surface area contributed by atoms with E-state index >= 15 is 0 Å². The zero-order valence-corrected chi connectivity index (χ0v) is 11.0. The summed E-state index contributed by atoms with van der Waals surface area (Å²) < 4.78 is 15.1. The van der Waals surface area contributed by atoms with Gasteiger partial charge in [-0.25, -0.2) is 14.2 Å². The van der Waals surface area contributed by atoms with Gasteiger partial charge in [0, 0.05) is 32.1 Å². The summed E-state index contributed by atoms with van der Waals surface area (Å²) in [6, 6.07) is 3.75. The number of aromatic carboxylic acids is 1. The Balaban J connectivity index is 1.87. The maximum Gasteiger partial charge on any atom is 0.335 e. The number of aromatic nitrogens is 3. The molecule has 106 valence electrons. The van der Waals surface area contributed by atoms with Crippen LogP contribution in [-0.2, 0) is 20.0 Å². The smallest absolute Gasteiger partial charge is 0.335 e. The van der Waals surface area contributed by atoms with Gasteiger partial charge in [-0.05, 0) is 18.2 Å². The van der Waals surface area contributed by atoms with Crippen molar-refractivity contribution in [3.8, 4) is 0 Å². The lowest BCUT2D eigenvalue weighted by atomic mass is 10.1. The third kappa shape index (κ3) is 3.61. The first-order valence-electron chi connectivity index (χ1n) is 6.13. The average Bonchev–Trinajstić information content (AvgIpc) is 2.82. The predicted molar refractivity (Wildman–Crippen MR) is 69.8 cm³/mol. The number of nitrogens with zero attached hydrogens (tertiary/aromatic N) is 3. The number of carboxylic acids is 1. The minimum atomic E-state index is -1.07. The van der Waals surface area contributed by atoms with Crippen LogP contribution < -0.4 is 5.32 Å². The average molecular weight is 278 g/mol. The fourth-order valence-corrected chi connectivity index (χ4v) is 1.76. The molecule has 2 rings (SSSR count). The monoisotopic (exact) mass is 278 g/mol. The fourth-order valence-electron chi connectivity index (χ4n) is 1.76. The van der Waals surface area contributed by atoms with E-state index in [2.05, 4.69) is 15.4 Å². The van der Waals surface area contributed by atoms with Gasteiger partial charge < -0.3 is 10.4 Å². The highest BCUT2D eigenvalue weighted by molar-refractivity contribution is 5.87. The Morgan fingerprint density at radius 2 is 2.30 bits per heavy atom. The molecule has 7 heteroatoms. The highest BCUT2D eigenvalue weighted by atomic mass is 19.1. The normalized spacial score (nSPS) is 10.7. The molecule has 0 unspecified atom stereocenters. The Morgan fingerprint density at radius 3 is 2.95 bits per heavy atom. The minimum Gasteiger partial charge on any atom is -0.478 e. The first-order valence-corrected chi connectivity index (χ1v) is 6.13. The first kappa shape index (κ1) is 14.1. The zero-order valence-electron chi connectivity index (χ0n) is 11.0. The van der Waals surface area contributed by atoms with E-state index < -0.39 is 11.8 Å². The van der Waals surface area contributed by atoms with Crippen molar-refractivity contribution in [2.75, 3.05) is 6.54 Å². The number of carboxylic acid groups (broad SMARTS) is 1. The fraction of sp³-hybridized carbons (Fsp3) is 0.308. The molecule has 0 amide bonds. The molecule has 0 aliphatic rings. The van der Waals surface area contributed by atoms with Crippen LogP contribution in [0.5, 0.6) is 0 Å². The number of hydrogen-bond donors (Lipinski definition) is 2. The van der Waals surface area contributed by atoms with Crippen molar-refractivity contribution in [3.05, 3.63) is 47.3 Å². The molecule has 0 bridgehead atoms. The van der Waals surface area contributed by atoms with Gasteiger partial charge >= 0.3 is 5.97 Å². The summed E-state index contributed by atoms with van der Waals surface area (Å²) in [7, 11) is 1.79. The van der Waals surface area contributed by atoms with Crippen molar-refractivity contribution in [3.63, 3.8) is 0 Å². The zero-order chi connectivity index (χ0) is 14.5. The van der Waals surface area contributed by atoms with E-state index in [0.29, 0.717) is 24.4 Å². The Kier molecular flexibility index (Phi) is 4.41. The molecule has 20 heavy (non-hydrogen) atoms. The number of aryl methyl sites for hydroxylation is 1. The van der Waals surface area contributed by atoms with E-state index in [9.17, 15) is 9.18 Å². The molecule has 6 nitrogen and oxygen atoms in total. The molecule has 1 aromatic carbocycles. The second-order valence-corrected chi connectivity index (χ2v) is 4.37. The second kappa shape index (κ2) is 6.25. The van der Waals surface area contributed by atoms with Crippen LogP contribution in [0.2, 0.25) is 0 Å². The highest BCUT2D eigenvalue weighted by Gasteiger charge is 2.08. The summed E-state index contributed by atoms with van der Waals surface area (Å²) in [6.07, 6.45) is 2.24. The van der Waals surface area contributed by atoms with Crippen molar-refractivity contribution in [2.24, 2.45) is 7.05 Å². The molecule has 1 heterocycles. The van der Waals surface area contributed by atoms with E-state index in [1.54, 1.807) is 18.1 Å². The van der Waals surface area contributed by atoms with E-state index in [-0.39, 0.29) is 12.1 Å². The van der Waals surface area contributed by atoms with Gasteiger partial charge in [-0.3, -0.25) is 4.68 Å². The van der Waals surface area contributed by atoms with E-state index in [0.717, 1.165) is 0 Å². The van der Waals surface area contributed by atoms with Crippen molar-refractivity contribution in [1.82, 2.24) is 20.1 Å². The SMILES string of the molecule is Cn1cnc(CCNCc2cc(C(=O)O)ccc2F)n1. The van der Waals surface area contributed by atoms with Crippen molar-refractivity contribution in [2.45, 2.75) is 13.0 Å². The molecular formula is C13H15FN4O2. The first-order chi connectivity index (χ1) is 9.56. The molecule has 0 radical (unpaired) electrons. The second-order valence-electron chi connectivity index (χ2n) is 4.37. The number of benzene rings is 1. The standard InChI is InChI=1S/C13H15FN4O2/c1-18-8-16-12(17-18)4-5-15-7-10-6-9(13(19)20)2-3-11(10)14/h2-3,6,8,15H,4-5,7H2,1H3,(H,19,20). The van der Waals surface area contributed by atoms with Gasteiger partial charge in [0.2, 0.25) is 0 Å². The maximum absolute atomic E-state index is 13.5. The summed E-state index contributed by atoms with van der Waals surface area (Å²) in [5.41, 5.74) is 0.411. The van der Waals surface area contributed by atoms with Gasteiger partial charge in [-0.1, -0.05) is 0 Å². The summed E-state index contributed by atoms with van der Waals surface area (Å²) in [4.78, 5) is 14.9. The van der Waals surface area contributed by atoms with Gasteiger partial charge in [0.1, 0.15) is 12.1 Å². The van der Waals surface area contributed by atoms with Crippen LogP contribution in [0.15, 0.2) is 24.5 Å². The molecule has 0 aliphatic carbocycles. The van der Waals surface area contributed by atoms with Crippen LogP contribution >= 0.6 is 0 Å². The minimum absolute atomic E-state index is 0.0783. The quantitative estimate of drug-likeness (QED) is 0.770. The van der Waals surface area contributed by atoms with Crippen LogP contribution in [0.25, 0.3) is 0 Å². The Bertz CT molecular complexity index is 612. The third-order valence-corrected chi connectivity index (χ3v) is 2.78. The molecule has 0 atom stereocenters. The Morgan fingerprint density at radius 1 is 1.50 bits per heavy atom. The van der Waals surface area contributed by atoms with Gasteiger partial charge in [0.05, 0.1) is 5.56 Å². The largest absolute Gasteiger partial charge is 0.478 e. The van der Waals surface area contributed by atoms with Gasteiger partial charge in [-0.15, -0.1) is 0 Å². The topological polar surface area (TPSA) is 80.0 Å². The van der Waals surface area contributed by atoms with Crippen molar-refractivity contribution >= 4 is 5.97 Å². The molecule has 0 spiro atoms. The van der Waals surface area contributed by atoms with Crippen molar-refractivity contribution in [1.29, 1.82) is 0 Å². The molecule has 0 saturated heterocycles. The number of carbonyl (C=O) groups is 1. The summed E-state index contributed by atoms with van der Waals surface area (Å²) >= 11 is 0. The number of halogens is 1. The van der Waals surface area contributed by atoms with Crippen LogP contribution in [0.4, 0.5) is 4.39 Å². The number of nitrogens with one attached hydrogen (secondary N) is 1. The molecule has 2 N–H and O–H groups in total. The van der Waals surface area contributed by atoms with Gasteiger partial charge in [0.25, 0.3) is 0 Å². The van der Waals surface area contributed by atoms with Gasteiger partial charge in [0.15, 0.2) is 5.82 Å². The molecule has 0 saturated carbocycles. The van der Waals surface area contributed by atoms with E-state index in [1.165, 1.54) is 18.2 Å². The van der Waals surface area contributed by atoms with E-state index in [4.69, 9.17) is 5.11 Å². The van der Waals surface area contributed by atoms with Crippen LogP contribution in [0.3, 0.4) is 0 Å². The Hall–Kier alpha value is -2.28. The maximum atomic E-state index is 13.5. The lowest BCUT2D eigenvalue weighted by Crippen LogP contribution is -2.18. The highest BCUT2D eigenvalue weighted by Crippen LogP contribution is 2.10. The summed E-state index contributed by atoms with van der Waals surface area (Å²) in [5.74, 6) is -0.776. The van der Waals surface area contributed by atoms with Crippen LogP contribution in [0.1, 0.15) is 21.7 Å². The lowest BCUT2D eigenvalue weighted by molar-refractivity contribution is 0.0696. The van der Waals surface area contributed by atoms with Crippen LogP contribution in [0, 0.1) is 5.82 Å². The third-order valence-electron chi connectivity index (χ3n) is 2.78. The predicted octanol–water partition coefficient (Wildman–Crippen LogP) is 0.985. The van der Waals surface area contributed by atoms with Gasteiger partial charge in [-0.2, -0.15) is 5.10 Å². The molecule has 1 aromatic heterocycles. The molecule has 0 aliphatic heterocycles. The lowest BCUT2D eigenvalue weighted by Gasteiger charge is -2.06. The number of hydrogen-bond acceptors (Lipinski definition) is 4. The summed E-state index contributed by atoms with van der Waals surface area (Å²) in [5, 5.41) is 16.0. The molecule has 0 fully saturated rings. The van der Waals surface area contributed by atoms with E-state index in [1.807, 2.05) is 0 Å². The number of rotatable bonds is 6. The molecular weight excluding hydrogens is 263 g/mol. The van der Waals surface area contributed by atoms with Crippen LogP contribution in [-0.4, -0.2) is 32.4 Å².